The third kappa shape index (κ3) is 4.93. The topological polar surface area (TPSA) is 47.7 Å². The van der Waals surface area contributed by atoms with Crippen LogP contribution in [0.2, 0.25) is 0 Å². The van der Waals surface area contributed by atoms with Crippen LogP contribution >= 0.6 is 0 Å². The molecular formula is C11H24N2O2. The molecule has 4 nitrogen and oxygen atoms in total. The molecule has 90 valence electrons. The monoisotopic (exact) mass is 216 g/mol. The van der Waals surface area contributed by atoms with Gasteiger partial charge in [-0.1, -0.05) is 0 Å². The van der Waals surface area contributed by atoms with Crippen molar-refractivity contribution in [3.63, 3.8) is 0 Å². The molecule has 0 aliphatic carbocycles. The van der Waals surface area contributed by atoms with Crippen molar-refractivity contribution in [1.82, 2.24) is 4.90 Å². The van der Waals surface area contributed by atoms with Gasteiger partial charge in [0.15, 0.2) is 0 Å². The second-order valence-corrected chi connectivity index (χ2v) is 4.41. The van der Waals surface area contributed by atoms with Gasteiger partial charge in [-0.2, -0.15) is 0 Å². The predicted molar refractivity (Wildman–Crippen MR) is 60.9 cm³/mol. The molecule has 4 heteroatoms. The van der Waals surface area contributed by atoms with Crippen LogP contribution in [0.3, 0.4) is 0 Å². The third-order valence-corrected chi connectivity index (χ3v) is 2.96. The van der Waals surface area contributed by atoms with Crippen LogP contribution in [0, 0.1) is 5.92 Å². The molecule has 0 aromatic carbocycles. The smallest absolute Gasteiger partial charge is 0.0503 e. The number of likely N-dealkylation sites (tertiary alicyclic amines) is 1. The first-order valence-corrected chi connectivity index (χ1v) is 5.72. The van der Waals surface area contributed by atoms with Gasteiger partial charge in [-0.05, 0) is 25.3 Å². The molecule has 0 bridgehead atoms. The zero-order valence-electron chi connectivity index (χ0n) is 9.95. The van der Waals surface area contributed by atoms with E-state index in [0.717, 1.165) is 39.3 Å². The van der Waals surface area contributed by atoms with E-state index in [0.29, 0.717) is 5.92 Å². The fourth-order valence-electron chi connectivity index (χ4n) is 2.14. The van der Waals surface area contributed by atoms with Crippen LogP contribution in [-0.4, -0.2) is 58.0 Å². The summed E-state index contributed by atoms with van der Waals surface area (Å²) >= 11 is 0. The molecule has 1 aliphatic heterocycles. The first-order valence-electron chi connectivity index (χ1n) is 5.72. The van der Waals surface area contributed by atoms with E-state index in [1.807, 2.05) is 0 Å². The van der Waals surface area contributed by atoms with Crippen molar-refractivity contribution >= 4 is 0 Å². The van der Waals surface area contributed by atoms with Crippen LogP contribution in [0.5, 0.6) is 0 Å². The molecule has 15 heavy (non-hydrogen) atoms. The molecule has 1 saturated heterocycles. The normalized spacial score (nSPS) is 24.6. The fraction of sp³-hybridized carbons (Fsp3) is 1.00. The van der Waals surface area contributed by atoms with Gasteiger partial charge in [0.05, 0.1) is 6.61 Å². The Kier molecular flexibility index (Phi) is 6.17. The molecule has 1 aliphatic rings. The lowest BCUT2D eigenvalue weighted by molar-refractivity contribution is 0.150. The fourth-order valence-corrected chi connectivity index (χ4v) is 2.14. The third-order valence-electron chi connectivity index (χ3n) is 2.96. The average Bonchev–Trinajstić information content (AvgIpc) is 2.63. The standard InChI is InChI=1S/C11H24N2O2/c1-14-6-4-11(12)8-13-5-3-10(7-13)9-15-2/h10-11H,3-9,12H2,1-2H3. The lowest BCUT2D eigenvalue weighted by atomic mass is 10.1. The van der Waals surface area contributed by atoms with E-state index in [2.05, 4.69) is 4.90 Å². The maximum atomic E-state index is 6.01. The Labute approximate surface area is 92.7 Å². The van der Waals surface area contributed by atoms with Gasteiger partial charge in [0.2, 0.25) is 0 Å². The quantitative estimate of drug-likeness (QED) is 0.666. The second kappa shape index (κ2) is 7.17. The van der Waals surface area contributed by atoms with Gasteiger partial charge < -0.3 is 20.1 Å². The molecule has 1 rings (SSSR count). The number of nitrogens with zero attached hydrogens (tertiary/aromatic N) is 1. The summed E-state index contributed by atoms with van der Waals surface area (Å²) in [6.07, 6.45) is 2.19. The second-order valence-electron chi connectivity index (χ2n) is 4.41. The van der Waals surface area contributed by atoms with Crippen LogP contribution in [0.4, 0.5) is 0 Å². The Balaban J connectivity index is 2.12. The summed E-state index contributed by atoms with van der Waals surface area (Å²) in [5, 5.41) is 0. The minimum atomic E-state index is 0.242. The summed E-state index contributed by atoms with van der Waals surface area (Å²) in [6, 6.07) is 0.242. The Bertz CT molecular complexity index is 167. The lowest BCUT2D eigenvalue weighted by Gasteiger charge is -2.20. The van der Waals surface area contributed by atoms with Gasteiger partial charge >= 0.3 is 0 Å². The maximum absolute atomic E-state index is 6.01. The number of hydrogen-bond donors (Lipinski definition) is 1. The number of rotatable bonds is 7. The highest BCUT2D eigenvalue weighted by molar-refractivity contribution is 4.78. The van der Waals surface area contributed by atoms with Gasteiger partial charge in [0, 0.05) is 40.0 Å². The first kappa shape index (κ1) is 12.9. The van der Waals surface area contributed by atoms with Gasteiger partial charge in [0.25, 0.3) is 0 Å². The Hall–Kier alpha value is -0.160. The summed E-state index contributed by atoms with van der Waals surface area (Å²) in [7, 11) is 3.49. The van der Waals surface area contributed by atoms with Crippen LogP contribution in [0.1, 0.15) is 12.8 Å². The summed E-state index contributed by atoms with van der Waals surface area (Å²) < 4.78 is 10.2. The molecule has 0 amide bonds. The number of ether oxygens (including phenoxy) is 2. The van der Waals surface area contributed by atoms with Crippen molar-refractivity contribution in [1.29, 1.82) is 0 Å². The van der Waals surface area contributed by atoms with Crippen molar-refractivity contribution in [2.75, 3.05) is 47.1 Å². The Morgan fingerprint density at radius 1 is 1.40 bits per heavy atom. The highest BCUT2D eigenvalue weighted by Crippen LogP contribution is 2.16. The van der Waals surface area contributed by atoms with Crippen molar-refractivity contribution in [3.8, 4) is 0 Å². The summed E-state index contributed by atoms with van der Waals surface area (Å²) in [5.41, 5.74) is 6.01. The van der Waals surface area contributed by atoms with Crippen LogP contribution in [-0.2, 0) is 9.47 Å². The van der Waals surface area contributed by atoms with Gasteiger partial charge in [-0.3, -0.25) is 0 Å². The molecule has 0 spiro atoms. The molecule has 1 heterocycles. The average molecular weight is 216 g/mol. The van der Waals surface area contributed by atoms with Crippen molar-refractivity contribution in [3.05, 3.63) is 0 Å². The first-order chi connectivity index (χ1) is 7.26. The van der Waals surface area contributed by atoms with Crippen molar-refractivity contribution in [2.24, 2.45) is 11.7 Å². The number of nitrogens with two attached hydrogens (primary N) is 1. The van der Waals surface area contributed by atoms with E-state index in [1.165, 1.54) is 6.42 Å². The molecule has 0 aromatic rings. The number of methoxy groups -OCH3 is 2. The molecule has 0 aromatic heterocycles. The van der Waals surface area contributed by atoms with Gasteiger partial charge in [0.1, 0.15) is 0 Å². The minimum absolute atomic E-state index is 0.242. The molecular weight excluding hydrogens is 192 g/mol. The molecule has 1 fully saturated rings. The van der Waals surface area contributed by atoms with E-state index < -0.39 is 0 Å². The highest BCUT2D eigenvalue weighted by Gasteiger charge is 2.23. The zero-order chi connectivity index (χ0) is 11.1. The van der Waals surface area contributed by atoms with Gasteiger partial charge in [-0.25, -0.2) is 0 Å². The Morgan fingerprint density at radius 3 is 2.87 bits per heavy atom. The Morgan fingerprint density at radius 2 is 2.20 bits per heavy atom. The van der Waals surface area contributed by atoms with Gasteiger partial charge in [-0.15, -0.1) is 0 Å². The van der Waals surface area contributed by atoms with Crippen molar-refractivity contribution in [2.45, 2.75) is 18.9 Å². The summed E-state index contributed by atoms with van der Waals surface area (Å²) in [5.74, 6) is 0.699. The molecule has 2 unspecified atom stereocenters. The maximum Gasteiger partial charge on any atom is 0.0503 e. The summed E-state index contributed by atoms with van der Waals surface area (Å²) in [6.45, 7) is 4.92. The van der Waals surface area contributed by atoms with E-state index in [1.54, 1.807) is 14.2 Å². The lowest BCUT2D eigenvalue weighted by Crippen LogP contribution is -2.37. The van der Waals surface area contributed by atoms with E-state index in [-0.39, 0.29) is 6.04 Å². The van der Waals surface area contributed by atoms with Crippen molar-refractivity contribution < 1.29 is 9.47 Å². The van der Waals surface area contributed by atoms with E-state index >= 15 is 0 Å². The number of hydrogen-bond acceptors (Lipinski definition) is 4. The van der Waals surface area contributed by atoms with Crippen LogP contribution < -0.4 is 5.73 Å². The van der Waals surface area contributed by atoms with Crippen LogP contribution in [0.15, 0.2) is 0 Å². The zero-order valence-corrected chi connectivity index (χ0v) is 9.95. The molecule has 0 saturated carbocycles. The summed E-state index contributed by atoms with van der Waals surface area (Å²) in [4.78, 5) is 2.43. The SMILES string of the molecule is COCCC(N)CN1CCC(COC)C1. The highest BCUT2D eigenvalue weighted by atomic mass is 16.5. The molecule has 2 atom stereocenters. The van der Waals surface area contributed by atoms with E-state index in [4.69, 9.17) is 15.2 Å². The van der Waals surface area contributed by atoms with Crippen LogP contribution in [0.25, 0.3) is 0 Å². The minimum Gasteiger partial charge on any atom is -0.385 e. The molecule has 0 radical (unpaired) electrons. The largest absolute Gasteiger partial charge is 0.385 e. The predicted octanol–water partition coefficient (Wildman–Crippen LogP) is 0.319. The van der Waals surface area contributed by atoms with E-state index in [9.17, 15) is 0 Å². The molecule has 2 N–H and O–H groups in total.